The fourth-order valence-corrected chi connectivity index (χ4v) is 4.16. The highest BCUT2D eigenvalue weighted by Crippen LogP contribution is 2.29. The second-order valence-electron chi connectivity index (χ2n) is 6.98. The van der Waals surface area contributed by atoms with E-state index >= 15 is 0 Å². The number of pyridine rings is 1. The highest BCUT2D eigenvalue weighted by molar-refractivity contribution is 7.10. The molecule has 0 saturated heterocycles. The quantitative estimate of drug-likeness (QED) is 0.260. The van der Waals surface area contributed by atoms with Crippen LogP contribution < -0.4 is 0 Å². The predicted molar refractivity (Wildman–Crippen MR) is 121 cm³/mol. The first-order chi connectivity index (χ1) is 14.2. The smallest absolute Gasteiger partial charge is 0.204 e. The molecule has 0 saturated carbocycles. The average Bonchev–Trinajstić information content (AvgIpc) is 3.40. The minimum absolute atomic E-state index is 0.0586. The number of benzene rings is 2. The molecule has 3 aromatic heterocycles. The number of fused-ring (bicyclic) bond motifs is 3. The van der Waals surface area contributed by atoms with Crippen molar-refractivity contribution >= 4 is 39.6 Å². The van der Waals surface area contributed by atoms with Crippen LogP contribution in [0.15, 0.2) is 84.4 Å². The van der Waals surface area contributed by atoms with Crippen molar-refractivity contribution in [3.63, 3.8) is 0 Å². The van der Waals surface area contributed by atoms with Crippen molar-refractivity contribution in [3.05, 3.63) is 101 Å². The third-order valence-corrected chi connectivity index (χ3v) is 5.85. The Balaban J connectivity index is 1.75. The van der Waals surface area contributed by atoms with E-state index < -0.39 is 0 Å². The van der Waals surface area contributed by atoms with Gasteiger partial charge in [0, 0.05) is 22.0 Å². The minimum atomic E-state index is -0.0586. The van der Waals surface area contributed by atoms with Gasteiger partial charge in [-0.15, -0.1) is 11.3 Å². The predicted octanol–water partition coefficient (Wildman–Crippen LogP) is 6.42. The van der Waals surface area contributed by atoms with E-state index in [2.05, 4.69) is 13.0 Å². The summed E-state index contributed by atoms with van der Waals surface area (Å²) in [7, 11) is 0. The summed E-state index contributed by atoms with van der Waals surface area (Å²) in [6, 6.07) is 22.3. The van der Waals surface area contributed by atoms with Gasteiger partial charge in [-0.25, -0.2) is 4.98 Å². The lowest BCUT2D eigenvalue weighted by atomic mass is 10.1. The molecule has 0 aliphatic heterocycles. The van der Waals surface area contributed by atoms with Gasteiger partial charge in [0.05, 0.1) is 0 Å². The maximum absolute atomic E-state index is 13.3. The fourth-order valence-electron chi connectivity index (χ4n) is 3.54. The van der Waals surface area contributed by atoms with Crippen LogP contribution in [-0.4, -0.2) is 15.2 Å². The molecule has 140 valence electrons. The normalized spacial score (nSPS) is 11.6. The van der Waals surface area contributed by atoms with Crippen molar-refractivity contribution in [3.8, 4) is 11.3 Å². The highest BCUT2D eigenvalue weighted by Gasteiger charge is 2.20. The molecule has 0 fully saturated rings. The molecule has 5 rings (SSSR count). The maximum Gasteiger partial charge on any atom is 0.204 e. The largest absolute Gasteiger partial charge is 0.296 e. The first-order valence-electron chi connectivity index (χ1n) is 9.43. The SMILES string of the molecule is Cc1ccc(-c2nc3c4ccccc4ccn3c2C(=O)/C=C/c2cccs2)cc1. The lowest BCUT2D eigenvalue weighted by Crippen LogP contribution is -2.02. The number of hydrogen-bond acceptors (Lipinski definition) is 3. The molecule has 0 radical (unpaired) electrons. The third-order valence-electron chi connectivity index (χ3n) is 5.02. The standard InChI is InChI=1S/C25H18N2OS/c1-17-8-10-19(11-9-17)23-24(22(28)13-12-20-6-4-16-29-20)27-15-14-18-5-2-3-7-21(18)25(27)26-23/h2-16H,1H3/b13-12+. The van der Waals surface area contributed by atoms with Crippen molar-refractivity contribution in [2.45, 2.75) is 6.92 Å². The summed E-state index contributed by atoms with van der Waals surface area (Å²) in [5.74, 6) is -0.0586. The summed E-state index contributed by atoms with van der Waals surface area (Å²) in [5.41, 5.74) is 4.21. The average molecular weight is 394 g/mol. The van der Waals surface area contributed by atoms with Gasteiger partial charge in [-0.3, -0.25) is 9.20 Å². The van der Waals surface area contributed by atoms with E-state index in [0.29, 0.717) is 11.4 Å². The number of ketones is 1. The third kappa shape index (κ3) is 3.18. The number of allylic oxidation sites excluding steroid dienone is 1. The second-order valence-corrected chi connectivity index (χ2v) is 7.96. The number of aryl methyl sites for hydroxylation is 1. The van der Waals surface area contributed by atoms with Crippen LogP contribution in [0.2, 0.25) is 0 Å². The monoisotopic (exact) mass is 394 g/mol. The second kappa shape index (κ2) is 7.15. The van der Waals surface area contributed by atoms with Gasteiger partial charge in [0.15, 0.2) is 0 Å². The van der Waals surface area contributed by atoms with Crippen molar-refractivity contribution in [1.82, 2.24) is 9.38 Å². The molecule has 0 atom stereocenters. The molecule has 29 heavy (non-hydrogen) atoms. The van der Waals surface area contributed by atoms with E-state index in [1.807, 2.05) is 82.7 Å². The van der Waals surface area contributed by atoms with Gasteiger partial charge < -0.3 is 0 Å². The Labute approximate surface area is 172 Å². The summed E-state index contributed by atoms with van der Waals surface area (Å²) in [6.07, 6.45) is 5.45. The topological polar surface area (TPSA) is 34.4 Å². The zero-order chi connectivity index (χ0) is 19.8. The first-order valence-corrected chi connectivity index (χ1v) is 10.3. The Hall–Kier alpha value is -3.50. The maximum atomic E-state index is 13.3. The zero-order valence-corrected chi connectivity index (χ0v) is 16.7. The number of carbonyl (C=O) groups excluding carboxylic acids is 1. The van der Waals surface area contributed by atoms with E-state index in [9.17, 15) is 4.79 Å². The number of nitrogens with zero attached hydrogens (tertiary/aromatic N) is 2. The lowest BCUT2D eigenvalue weighted by molar-refractivity contribution is 0.104. The fraction of sp³-hybridized carbons (Fsp3) is 0.0400. The Morgan fingerprint density at radius 3 is 2.62 bits per heavy atom. The van der Waals surface area contributed by atoms with Crippen LogP contribution in [0, 0.1) is 6.92 Å². The van der Waals surface area contributed by atoms with Gasteiger partial charge in [-0.2, -0.15) is 0 Å². The lowest BCUT2D eigenvalue weighted by Gasteiger charge is -2.04. The van der Waals surface area contributed by atoms with Gasteiger partial charge in [0.1, 0.15) is 17.0 Å². The van der Waals surface area contributed by atoms with E-state index in [0.717, 1.165) is 26.9 Å². The Bertz CT molecular complexity index is 1360. The van der Waals surface area contributed by atoms with Crippen molar-refractivity contribution < 1.29 is 4.79 Å². The molecule has 3 heterocycles. The molecule has 2 aromatic carbocycles. The number of imidazole rings is 1. The molecule has 0 amide bonds. The summed E-state index contributed by atoms with van der Waals surface area (Å²) < 4.78 is 1.92. The van der Waals surface area contributed by atoms with E-state index in [1.54, 1.807) is 17.4 Å². The molecule has 5 aromatic rings. The van der Waals surface area contributed by atoms with Crippen LogP contribution in [0.25, 0.3) is 33.8 Å². The van der Waals surface area contributed by atoms with Crippen LogP contribution in [0.1, 0.15) is 20.9 Å². The molecular weight excluding hydrogens is 376 g/mol. The molecule has 0 spiro atoms. The van der Waals surface area contributed by atoms with Crippen LogP contribution in [0.3, 0.4) is 0 Å². The van der Waals surface area contributed by atoms with E-state index in [1.165, 1.54) is 5.56 Å². The van der Waals surface area contributed by atoms with Gasteiger partial charge in [-0.1, -0.05) is 60.2 Å². The van der Waals surface area contributed by atoms with Crippen LogP contribution in [0.4, 0.5) is 0 Å². The first kappa shape index (κ1) is 17.6. The molecule has 0 unspecified atom stereocenters. The number of aromatic nitrogens is 2. The Kier molecular flexibility index (Phi) is 4.34. The molecule has 4 heteroatoms. The van der Waals surface area contributed by atoms with Crippen LogP contribution in [-0.2, 0) is 0 Å². The van der Waals surface area contributed by atoms with Crippen molar-refractivity contribution in [2.75, 3.05) is 0 Å². The van der Waals surface area contributed by atoms with Gasteiger partial charge in [-0.05, 0) is 42.0 Å². The number of thiophene rings is 1. The number of hydrogen-bond donors (Lipinski definition) is 0. The molecule has 0 N–H and O–H groups in total. The number of carbonyl (C=O) groups is 1. The minimum Gasteiger partial charge on any atom is -0.296 e. The Morgan fingerprint density at radius 1 is 1.00 bits per heavy atom. The van der Waals surface area contributed by atoms with Crippen molar-refractivity contribution in [2.24, 2.45) is 0 Å². The van der Waals surface area contributed by atoms with Gasteiger partial charge in [0.2, 0.25) is 5.78 Å². The molecule has 3 nitrogen and oxygen atoms in total. The summed E-state index contributed by atoms with van der Waals surface area (Å²) >= 11 is 1.61. The van der Waals surface area contributed by atoms with Crippen LogP contribution in [0.5, 0.6) is 0 Å². The molecule has 0 aliphatic carbocycles. The highest BCUT2D eigenvalue weighted by atomic mass is 32.1. The molecule has 0 aliphatic rings. The zero-order valence-electron chi connectivity index (χ0n) is 15.9. The van der Waals surface area contributed by atoms with E-state index in [4.69, 9.17) is 4.98 Å². The summed E-state index contributed by atoms with van der Waals surface area (Å²) in [4.78, 5) is 19.2. The van der Waals surface area contributed by atoms with Crippen LogP contribution >= 0.6 is 11.3 Å². The van der Waals surface area contributed by atoms with E-state index in [-0.39, 0.29) is 5.78 Å². The molecule has 0 bridgehead atoms. The summed E-state index contributed by atoms with van der Waals surface area (Å²) in [5, 5.41) is 4.14. The summed E-state index contributed by atoms with van der Waals surface area (Å²) in [6.45, 7) is 2.05. The van der Waals surface area contributed by atoms with Gasteiger partial charge >= 0.3 is 0 Å². The molecular formula is C25H18N2OS. The van der Waals surface area contributed by atoms with Crippen molar-refractivity contribution in [1.29, 1.82) is 0 Å². The Morgan fingerprint density at radius 2 is 1.83 bits per heavy atom. The van der Waals surface area contributed by atoms with Gasteiger partial charge in [0.25, 0.3) is 0 Å². The number of rotatable bonds is 4.